The van der Waals surface area contributed by atoms with Gasteiger partial charge in [-0.05, 0) is 49.2 Å². The van der Waals surface area contributed by atoms with Gasteiger partial charge in [0.15, 0.2) is 6.61 Å². The van der Waals surface area contributed by atoms with Crippen molar-refractivity contribution < 1.29 is 32.6 Å². The summed E-state index contributed by atoms with van der Waals surface area (Å²) in [4.78, 5) is 22.2. The molecule has 0 unspecified atom stereocenters. The predicted molar refractivity (Wildman–Crippen MR) is 97.6 cm³/mol. The molecule has 2 aromatic rings. The second kappa shape index (κ2) is 8.09. The maximum Gasteiger partial charge on any atom is 0.343 e. The highest BCUT2D eigenvalue weighted by Crippen LogP contribution is 2.25. The van der Waals surface area contributed by atoms with E-state index in [0.717, 1.165) is 6.07 Å². The fourth-order valence-corrected chi connectivity index (χ4v) is 3.68. The molecule has 2 N–H and O–H groups in total. The lowest BCUT2D eigenvalue weighted by Crippen LogP contribution is -2.16. The average molecular weight is 393 g/mol. The van der Waals surface area contributed by atoms with E-state index >= 15 is 0 Å². The van der Waals surface area contributed by atoms with Crippen LogP contribution in [-0.4, -0.2) is 39.2 Å². The van der Waals surface area contributed by atoms with Crippen molar-refractivity contribution in [1.82, 2.24) is 0 Å². The number of carbonyl (C=O) groups excluding carboxylic acids is 1. The summed E-state index contributed by atoms with van der Waals surface area (Å²) >= 11 is 0. The fraction of sp³-hybridized carbons (Fsp3) is 0.222. The number of aromatic carboxylic acids is 1. The monoisotopic (exact) mass is 393 g/mol. The number of sulfonamides is 1. The Kier molecular flexibility index (Phi) is 6.06. The standard InChI is InChI=1S/C18H19NO7S/c1-11-7-13(18(21)22)8-16(12(11)2)27(23,24)19-14-5-4-6-15(9-14)26-10-17(20)25-3/h4-9,19H,10H2,1-3H3,(H,21,22). The summed E-state index contributed by atoms with van der Waals surface area (Å²) in [6.45, 7) is 2.93. The number of esters is 1. The molecule has 0 amide bonds. The number of anilines is 1. The lowest BCUT2D eigenvalue weighted by Gasteiger charge is -2.14. The Morgan fingerprint density at radius 3 is 2.48 bits per heavy atom. The van der Waals surface area contributed by atoms with Gasteiger partial charge in [-0.3, -0.25) is 4.72 Å². The molecule has 0 saturated carbocycles. The van der Waals surface area contributed by atoms with Crippen molar-refractivity contribution in [2.45, 2.75) is 18.7 Å². The fourth-order valence-electron chi connectivity index (χ4n) is 2.29. The highest BCUT2D eigenvalue weighted by molar-refractivity contribution is 7.92. The summed E-state index contributed by atoms with van der Waals surface area (Å²) in [7, 11) is -2.81. The van der Waals surface area contributed by atoms with Gasteiger partial charge in [0, 0.05) is 6.07 Å². The van der Waals surface area contributed by atoms with Crippen LogP contribution < -0.4 is 9.46 Å². The van der Waals surface area contributed by atoms with Crippen molar-refractivity contribution in [2.75, 3.05) is 18.4 Å². The predicted octanol–water partition coefficient (Wildman–Crippen LogP) is 2.35. The van der Waals surface area contributed by atoms with E-state index in [1.165, 1.54) is 25.3 Å². The zero-order chi connectivity index (χ0) is 20.2. The molecule has 0 aliphatic heterocycles. The van der Waals surface area contributed by atoms with Crippen molar-refractivity contribution in [3.05, 3.63) is 53.1 Å². The van der Waals surface area contributed by atoms with E-state index in [9.17, 15) is 23.1 Å². The van der Waals surface area contributed by atoms with E-state index in [0.29, 0.717) is 11.1 Å². The summed E-state index contributed by atoms with van der Waals surface area (Å²) in [6, 6.07) is 8.55. The average Bonchev–Trinajstić information content (AvgIpc) is 2.61. The van der Waals surface area contributed by atoms with Gasteiger partial charge in [-0.25, -0.2) is 18.0 Å². The van der Waals surface area contributed by atoms with E-state index in [1.807, 2.05) is 0 Å². The molecule has 0 saturated heterocycles. The van der Waals surface area contributed by atoms with Crippen LogP contribution in [0.2, 0.25) is 0 Å². The molecule has 9 heteroatoms. The topological polar surface area (TPSA) is 119 Å². The molecule has 0 fully saturated rings. The molecule has 8 nitrogen and oxygen atoms in total. The minimum absolute atomic E-state index is 0.117. The second-order valence-corrected chi connectivity index (χ2v) is 7.37. The van der Waals surface area contributed by atoms with E-state index in [1.54, 1.807) is 26.0 Å². The van der Waals surface area contributed by atoms with Gasteiger partial charge in [-0.15, -0.1) is 0 Å². The van der Waals surface area contributed by atoms with Crippen molar-refractivity contribution in [3.63, 3.8) is 0 Å². The van der Waals surface area contributed by atoms with Crippen molar-refractivity contribution in [2.24, 2.45) is 0 Å². The Bertz CT molecular complexity index is 983. The quantitative estimate of drug-likeness (QED) is 0.693. The smallest absolute Gasteiger partial charge is 0.343 e. The summed E-state index contributed by atoms with van der Waals surface area (Å²) in [5, 5.41) is 9.17. The number of rotatable bonds is 7. The Morgan fingerprint density at radius 1 is 1.15 bits per heavy atom. The van der Waals surface area contributed by atoms with Crippen LogP contribution in [0.5, 0.6) is 5.75 Å². The van der Waals surface area contributed by atoms with Crippen molar-refractivity contribution in [3.8, 4) is 5.75 Å². The first-order valence-corrected chi connectivity index (χ1v) is 9.29. The molecule has 2 rings (SSSR count). The van der Waals surface area contributed by atoms with Crippen molar-refractivity contribution >= 4 is 27.6 Å². The van der Waals surface area contributed by atoms with Crippen LogP contribution in [0.15, 0.2) is 41.3 Å². The van der Waals surface area contributed by atoms with Gasteiger partial charge < -0.3 is 14.6 Å². The zero-order valence-electron chi connectivity index (χ0n) is 15.0. The Morgan fingerprint density at radius 2 is 1.85 bits per heavy atom. The zero-order valence-corrected chi connectivity index (χ0v) is 15.8. The van der Waals surface area contributed by atoms with Crippen LogP contribution in [0.25, 0.3) is 0 Å². The van der Waals surface area contributed by atoms with E-state index in [4.69, 9.17) is 4.74 Å². The summed E-state index contributed by atoms with van der Waals surface area (Å²) in [5.41, 5.74) is 1.08. The molecule has 2 aromatic carbocycles. The van der Waals surface area contributed by atoms with Gasteiger partial charge in [0.1, 0.15) is 5.75 Å². The van der Waals surface area contributed by atoms with Crippen LogP contribution >= 0.6 is 0 Å². The van der Waals surface area contributed by atoms with Gasteiger partial charge >= 0.3 is 11.9 Å². The molecule has 0 aliphatic rings. The first-order valence-electron chi connectivity index (χ1n) is 7.81. The Hall–Kier alpha value is -3.07. The highest BCUT2D eigenvalue weighted by Gasteiger charge is 2.21. The van der Waals surface area contributed by atoms with Gasteiger partial charge in [0.05, 0.1) is 23.3 Å². The Labute approximate surface area is 156 Å². The molecule has 0 bridgehead atoms. The first-order chi connectivity index (χ1) is 12.6. The Balaban J connectivity index is 2.32. The lowest BCUT2D eigenvalue weighted by atomic mass is 10.1. The van der Waals surface area contributed by atoms with Crippen LogP contribution in [0.3, 0.4) is 0 Å². The third-order valence-electron chi connectivity index (χ3n) is 3.83. The number of benzene rings is 2. The molecular formula is C18H19NO7S. The number of aryl methyl sites for hydroxylation is 1. The van der Waals surface area contributed by atoms with Gasteiger partial charge in [-0.1, -0.05) is 6.07 Å². The number of hydrogen-bond acceptors (Lipinski definition) is 6. The number of nitrogens with one attached hydrogen (secondary N) is 1. The third kappa shape index (κ3) is 4.98. The normalized spacial score (nSPS) is 10.9. The molecule has 0 atom stereocenters. The van der Waals surface area contributed by atoms with Gasteiger partial charge in [0.2, 0.25) is 0 Å². The highest BCUT2D eigenvalue weighted by atomic mass is 32.2. The lowest BCUT2D eigenvalue weighted by molar-refractivity contribution is -0.142. The van der Waals surface area contributed by atoms with Crippen LogP contribution in [0.1, 0.15) is 21.5 Å². The summed E-state index contributed by atoms with van der Waals surface area (Å²) < 4.78 is 37.6. The van der Waals surface area contributed by atoms with Crippen LogP contribution in [-0.2, 0) is 19.6 Å². The number of hydrogen-bond donors (Lipinski definition) is 2. The molecule has 144 valence electrons. The second-order valence-electron chi connectivity index (χ2n) is 5.72. The van der Waals surface area contributed by atoms with Gasteiger partial charge in [0.25, 0.3) is 10.0 Å². The number of carboxylic acids is 1. The first kappa shape index (κ1) is 20.2. The maximum atomic E-state index is 12.8. The van der Waals surface area contributed by atoms with E-state index in [-0.39, 0.29) is 28.5 Å². The number of carbonyl (C=O) groups is 2. The molecule has 0 aromatic heterocycles. The summed E-state index contributed by atoms with van der Waals surface area (Å²) in [5.74, 6) is -1.52. The molecule has 0 aliphatic carbocycles. The molecule has 0 radical (unpaired) electrons. The van der Waals surface area contributed by atoms with Gasteiger partial charge in [-0.2, -0.15) is 0 Å². The maximum absolute atomic E-state index is 12.8. The SMILES string of the molecule is COC(=O)COc1cccc(NS(=O)(=O)c2cc(C(=O)O)cc(C)c2C)c1. The molecule has 0 heterocycles. The number of methoxy groups -OCH3 is 1. The number of carboxylic acid groups (broad SMARTS) is 1. The molecule has 27 heavy (non-hydrogen) atoms. The van der Waals surface area contributed by atoms with E-state index < -0.39 is 22.0 Å². The number of ether oxygens (including phenoxy) is 2. The third-order valence-corrected chi connectivity index (χ3v) is 5.33. The van der Waals surface area contributed by atoms with Crippen LogP contribution in [0, 0.1) is 13.8 Å². The summed E-state index contributed by atoms with van der Waals surface area (Å²) in [6.07, 6.45) is 0. The minimum atomic E-state index is -4.04. The van der Waals surface area contributed by atoms with E-state index in [2.05, 4.69) is 9.46 Å². The minimum Gasteiger partial charge on any atom is -0.482 e. The van der Waals surface area contributed by atoms with Crippen molar-refractivity contribution in [1.29, 1.82) is 0 Å². The van der Waals surface area contributed by atoms with Crippen LogP contribution in [0.4, 0.5) is 5.69 Å². The molecular weight excluding hydrogens is 374 g/mol. The molecule has 0 spiro atoms. The largest absolute Gasteiger partial charge is 0.482 e.